The number of hydrogen-bond donors (Lipinski definition) is 1. The molecule has 0 aliphatic carbocycles. The molecular formula is C17H14N4. The molecule has 4 aromatic rings. The van der Waals surface area contributed by atoms with Crippen LogP contribution in [0.4, 0.5) is 0 Å². The van der Waals surface area contributed by atoms with Gasteiger partial charge in [-0.1, -0.05) is 23.8 Å². The van der Waals surface area contributed by atoms with Gasteiger partial charge in [-0.05, 0) is 36.8 Å². The molecule has 4 heteroatoms. The van der Waals surface area contributed by atoms with Crippen LogP contribution in [-0.4, -0.2) is 19.7 Å². The van der Waals surface area contributed by atoms with Crippen LogP contribution >= 0.6 is 0 Å². The summed E-state index contributed by atoms with van der Waals surface area (Å²) in [4.78, 5) is 4.52. The highest BCUT2D eigenvalue weighted by Crippen LogP contribution is 2.24. The zero-order chi connectivity index (χ0) is 14.2. The minimum Gasteiger partial charge on any atom is -0.299 e. The van der Waals surface area contributed by atoms with Crippen LogP contribution in [0.15, 0.2) is 61.2 Å². The molecular weight excluding hydrogens is 260 g/mol. The number of aryl methyl sites for hydroxylation is 1. The molecule has 0 bridgehead atoms. The molecule has 0 fully saturated rings. The van der Waals surface area contributed by atoms with Crippen molar-refractivity contribution in [1.29, 1.82) is 0 Å². The Morgan fingerprint density at radius 1 is 1.00 bits per heavy atom. The lowest BCUT2D eigenvalue weighted by Gasteiger charge is -2.05. The summed E-state index contributed by atoms with van der Waals surface area (Å²) in [6.45, 7) is 2.09. The SMILES string of the molecule is Cc1ccc(-n2cnc3cc(-c4cn[nH]c4)ccc32)cc1. The molecule has 0 aliphatic heterocycles. The standard InChI is InChI=1S/C17H14N4/c1-12-2-5-15(6-3-12)21-11-18-16-8-13(4-7-17(16)21)14-9-19-20-10-14/h2-11H,1H3,(H,19,20). The molecule has 0 saturated heterocycles. The van der Waals surface area contributed by atoms with E-state index in [1.165, 1.54) is 5.56 Å². The number of imidazole rings is 1. The number of H-pyrrole nitrogens is 1. The van der Waals surface area contributed by atoms with Gasteiger partial charge in [0.15, 0.2) is 0 Å². The molecule has 0 aliphatic rings. The minimum absolute atomic E-state index is 0.981. The van der Waals surface area contributed by atoms with Gasteiger partial charge in [0, 0.05) is 17.4 Å². The maximum atomic E-state index is 4.52. The Morgan fingerprint density at radius 2 is 1.86 bits per heavy atom. The Balaban J connectivity index is 1.84. The van der Waals surface area contributed by atoms with E-state index in [0.29, 0.717) is 0 Å². The monoisotopic (exact) mass is 274 g/mol. The molecule has 102 valence electrons. The summed E-state index contributed by atoms with van der Waals surface area (Å²) >= 11 is 0. The van der Waals surface area contributed by atoms with E-state index in [1.807, 2.05) is 18.7 Å². The van der Waals surface area contributed by atoms with Gasteiger partial charge in [-0.15, -0.1) is 0 Å². The summed E-state index contributed by atoms with van der Waals surface area (Å²) in [5.74, 6) is 0. The number of aromatic nitrogens is 4. The number of fused-ring (bicyclic) bond motifs is 1. The molecule has 0 spiro atoms. The summed E-state index contributed by atoms with van der Waals surface area (Å²) in [5.41, 5.74) is 6.65. The van der Waals surface area contributed by atoms with Gasteiger partial charge in [0.05, 0.1) is 17.2 Å². The van der Waals surface area contributed by atoms with Crippen LogP contribution in [-0.2, 0) is 0 Å². The van der Waals surface area contributed by atoms with Crippen LogP contribution in [0.3, 0.4) is 0 Å². The molecule has 2 heterocycles. The molecule has 0 radical (unpaired) electrons. The summed E-state index contributed by atoms with van der Waals surface area (Å²) < 4.78 is 2.11. The predicted octanol–water partition coefficient (Wildman–Crippen LogP) is 3.72. The Bertz CT molecular complexity index is 886. The van der Waals surface area contributed by atoms with E-state index in [0.717, 1.165) is 27.8 Å². The molecule has 4 nitrogen and oxygen atoms in total. The fourth-order valence-electron chi connectivity index (χ4n) is 2.51. The highest BCUT2D eigenvalue weighted by atomic mass is 15.1. The molecule has 4 rings (SSSR count). The smallest absolute Gasteiger partial charge is 0.100 e. The van der Waals surface area contributed by atoms with Crippen LogP contribution < -0.4 is 0 Å². The molecule has 2 aromatic carbocycles. The lowest BCUT2D eigenvalue weighted by Crippen LogP contribution is -1.91. The third kappa shape index (κ3) is 2.01. The summed E-state index contributed by atoms with van der Waals surface area (Å²) in [5, 5.41) is 6.83. The van der Waals surface area contributed by atoms with Gasteiger partial charge in [0.25, 0.3) is 0 Å². The Labute approximate surface area is 122 Å². The highest BCUT2D eigenvalue weighted by Gasteiger charge is 2.07. The van der Waals surface area contributed by atoms with Gasteiger partial charge in [-0.3, -0.25) is 9.67 Å². The Hall–Kier alpha value is -2.88. The normalized spacial score (nSPS) is 11.1. The predicted molar refractivity (Wildman–Crippen MR) is 83.4 cm³/mol. The van der Waals surface area contributed by atoms with E-state index in [9.17, 15) is 0 Å². The first-order chi connectivity index (χ1) is 10.3. The van der Waals surface area contributed by atoms with Crippen LogP contribution in [0.1, 0.15) is 5.56 Å². The van der Waals surface area contributed by atoms with Crippen molar-refractivity contribution in [2.24, 2.45) is 0 Å². The molecule has 1 N–H and O–H groups in total. The summed E-state index contributed by atoms with van der Waals surface area (Å²) in [7, 11) is 0. The van der Waals surface area contributed by atoms with Gasteiger partial charge in [0.2, 0.25) is 0 Å². The fraction of sp³-hybridized carbons (Fsp3) is 0.0588. The molecule has 0 amide bonds. The van der Waals surface area contributed by atoms with Crippen molar-refractivity contribution in [3.8, 4) is 16.8 Å². The van der Waals surface area contributed by atoms with Gasteiger partial charge in [-0.25, -0.2) is 4.98 Å². The van der Waals surface area contributed by atoms with Crippen LogP contribution in [0.25, 0.3) is 27.8 Å². The first kappa shape index (κ1) is 11.9. The maximum absolute atomic E-state index is 4.52. The number of rotatable bonds is 2. The van der Waals surface area contributed by atoms with Gasteiger partial charge < -0.3 is 0 Å². The third-order valence-corrected chi connectivity index (χ3v) is 3.69. The van der Waals surface area contributed by atoms with E-state index < -0.39 is 0 Å². The molecule has 0 saturated carbocycles. The van der Waals surface area contributed by atoms with Crippen molar-refractivity contribution in [3.05, 3.63) is 66.7 Å². The topological polar surface area (TPSA) is 46.5 Å². The van der Waals surface area contributed by atoms with E-state index in [2.05, 4.69) is 69.1 Å². The summed E-state index contributed by atoms with van der Waals surface area (Å²) in [6.07, 6.45) is 5.57. The minimum atomic E-state index is 0.981. The van der Waals surface area contributed by atoms with Crippen molar-refractivity contribution < 1.29 is 0 Å². The zero-order valence-electron chi connectivity index (χ0n) is 11.6. The third-order valence-electron chi connectivity index (χ3n) is 3.69. The number of benzene rings is 2. The second-order valence-corrected chi connectivity index (χ2v) is 5.14. The first-order valence-corrected chi connectivity index (χ1v) is 6.84. The fourth-order valence-corrected chi connectivity index (χ4v) is 2.51. The van der Waals surface area contributed by atoms with Crippen molar-refractivity contribution in [2.75, 3.05) is 0 Å². The van der Waals surface area contributed by atoms with Crippen LogP contribution in [0.2, 0.25) is 0 Å². The molecule has 0 unspecified atom stereocenters. The van der Waals surface area contributed by atoms with Crippen LogP contribution in [0, 0.1) is 6.92 Å². The number of hydrogen-bond acceptors (Lipinski definition) is 2. The second-order valence-electron chi connectivity index (χ2n) is 5.14. The van der Waals surface area contributed by atoms with E-state index in [1.54, 1.807) is 0 Å². The zero-order valence-corrected chi connectivity index (χ0v) is 11.6. The number of nitrogens with one attached hydrogen (secondary N) is 1. The average molecular weight is 274 g/mol. The Morgan fingerprint density at radius 3 is 2.62 bits per heavy atom. The molecule has 0 atom stereocenters. The lowest BCUT2D eigenvalue weighted by molar-refractivity contribution is 1.09. The first-order valence-electron chi connectivity index (χ1n) is 6.84. The van der Waals surface area contributed by atoms with Crippen molar-refractivity contribution >= 4 is 11.0 Å². The van der Waals surface area contributed by atoms with E-state index in [-0.39, 0.29) is 0 Å². The van der Waals surface area contributed by atoms with E-state index in [4.69, 9.17) is 0 Å². The largest absolute Gasteiger partial charge is 0.299 e. The highest BCUT2D eigenvalue weighted by molar-refractivity contribution is 5.83. The van der Waals surface area contributed by atoms with Gasteiger partial charge in [-0.2, -0.15) is 5.10 Å². The number of aromatic amines is 1. The molecule has 2 aromatic heterocycles. The quantitative estimate of drug-likeness (QED) is 0.605. The van der Waals surface area contributed by atoms with Gasteiger partial charge >= 0.3 is 0 Å². The van der Waals surface area contributed by atoms with Crippen molar-refractivity contribution in [3.63, 3.8) is 0 Å². The van der Waals surface area contributed by atoms with Crippen LogP contribution in [0.5, 0.6) is 0 Å². The molecule has 21 heavy (non-hydrogen) atoms. The maximum Gasteiger partial charge on any atom is 0.100 e. The van der Waals surface area contributed by atoms with Gasteiger partial charge in [0.1, 0.15) is 6.33 Å². The second kappa shape index (κ2) is 4.59. The van der Waals surface area contributed by atoms with Crippen molar-refractivity contribution in [2.45, 2.75) is 6.92 Å². The number of nitrogens with zero attached hydrogens (tertiary/aromatic N) is 3. The average Bonchev–Trinajstić information content (AvgIpc) is 3.17. The van der Waals surface area contributed by atoms with Crippen molar-refractivity contribution in [1.82, 2.24) is 19.7 Å². The summed E-state index contributed by atoms with van der Waals surface area (Å²) in [6, 6.07) is 14.7. The van der Waals surface area contributed by atoms with E-state index >= 15 is 0 Å². The lowest BCUT2D eigenvalue weighted by atomic mass is 10.1. The Kier molecular flexibility index (Phi) is 2.60.